The van der Waals surface area contributed by atoms with E-state index in [1.54, 1.807) is 37.3 Å². The van der Waals surface area contributed by atoms with Gasteiger partial charge in [-0.15, -0.1) is 0 Å². The molecule has 2 aliphatic heterocycles. The molecule has 1 fully saturated rings. The Labute approximate surface area is 160 Å². The number of carbonyl (C=O) groups is 1. The molecule has 1 N–H and O–H groups in total. The van der Waals surface area contributed by atoms with Crippen LogP contribution in [0.3, 0.4) is 0 Å². The number of aryl methyl sites for hydroxylation is 1. The van der Waals surface area contributed by atoms with Crippen molar-refractivity contribution in [1.29, 1.82) is 0 Å². The first-order valence-corrected chi connectivity index (χ1v) is 10.6. The third kappa shape index (κ3) is 2.74. The maximum absolute atomic E-state index is 13.3. The number of piperidine rings is 1. The van der Waals surface area contributed by atoms with Gasteiger partial charge in [0.2, 0.25) is 5.91 Å². The minimum atomic E-state index is -3.84. The van der Waals surface area contributed by atoms with Crippen LogP contribution >= 0.6 is 15.9 Å². The largest absolute Gasteiger partial charge is 0.468 e. The molecule has 136 valence electrons. The summed E-state index contributed by atoms with van der Waals surface area (Å²) in [5.74, 6) is -0.382. The van der Waals surface area contributed by atoms with Crippen LogP contribution in [-0.2, 0) is 14.6 Å². The summed E-state index contributed by atoms with van der Waals surface area (Å²) in [4.78, 5) is 13.0. The monoisotopic (exact) mass is 435 g/mol. The molecule has 3 atom stereocenters. The number of carbonyl (C=O) groups excluding carboxylic acids is 1. The second-order valence-corrected chi connectivity index (χ2v) is 10.1. The number of benzene rings is 2. The van der Waals surface area contributed by atoms with Gasteiger partial charge in [-0.1, -0.05) is 33.6 Å². The minimum absolute atomic E-state index is 0.162. The molecule has 5 nitrogen and oxygen atoms in total. The number of nitrogens with one attached hydrogen (secondary N) is 1. The lowest BCUT2D eigenvalue weighted by atomic mass is 9.81. The van der Waals surface area contributed by atoms with E-state index in [2.05, 4.69) is 21.2 Å². The van der Waals surface area contributed by atoms with Crippen LogP contribution in [0.15, 0.2) is 51.8 Å². The zero-order chi connectivity index (χ0) is 18.7. The van der Waals surface area contributed by atoms with Crippen LogP contribution in [-0.4, -0.2) is 25.3 Å². The van der Waals surface area contributed by atoms with Crippen molar-refractivity contribution in [2.75, 3.05) is 0 Å². The second kappa shape index (κ2) is 5.82. The fourth-order valence-corrected chi connectivity index (χ4v) is 6.01. The number of fused-ring (bicyclic) bond motifs is 4. The topological polar surface area (TPSA) is 72.5 Å². The molecule has 0 radical (unpaired) electrons. The summed E-state index contributed by atoms with van der Waals surface area (Å²) in [6, 6.07) is 12.1. The van der Waals surface area contributed by atoms with Crippen molar-refractivity contribution >= 4 is 31.7 Å². The van der Waals surface area contributed by atoms with Gasteiger partial charge in [0, 0.05) is 22.4 Å². The number of halogens is 1. The highest BCUT2D eigenvalue weighted by Gasteiger charge is 2.54. The summed E-state index contributed by atoms with van der Waals surface area (Å²) in [6.07, 6.45) is 0.401. The van der Waals surface area contributed by atoms with Crippen molar-refractivity contribution in [2.24, 2.45) is 0 Å². The van der Waals surface area contributed by atoms with E-state index in [0.717, 1.165) is 15.6 Å². The van der Waals surface area contributed by atoms with Crippen molar-refractivity contribution in [3.63, 3.8) is 0 Å². The van der Waals surface area contributed by atoms with Crippen molar-refractivity contribution in [3.8, 4) is 5.75 Å². The lowest BCUT2D eigenvalue weighted by Crippen LogP contribution is -2.63. The highest BCUT2D eigenvalue weighted by Crippen LogP contribution is 2.47. The number of amides is 1. The SMILES string of the molecule is Cc1ccc(S(=O)(=O)[C@@H]2C(=O)N[C@]3(C)C[C@@H]2c2cc(Br)ccc2O3)cc1. The molecule has 2 aromatic rings. The maximum Gasteiger partial charge on any atom is 0.242 e. The molecule has 0 spiro atoms. The van der Waals surface area contributed by atoms with Crippen LogP contribution in [0.25, 0.3) is 0 Å². The van der Waals surface area contributed by atoms with E-state index in [4.69, 9.17) is 4.74 Å². The lowest BCUT2D eigenvalue weighted by Gasteiger charge is -2.46. The van der Waals surface area contributed by atoms with Crippen molar-refractivity contribution in [3.05, 3.63) is 58.1 Å². The first kappa shape index (κ1) is 17.5. The van der Waals surface area contributed by atoms with E-state index < -0.39 is 32.6 Å². The Morgan fingerprint density at radius 3 is 2.58 bits per heavy atom. The lowest BCUT2D eigenvalue weighted by molar-refractivity contribution is -0.132. The average Bonchev–Trinajstić information content (AvgIpc) is 2.55. The van der Waals surface area contributed by atoms with Gasteiger partial charge in [-0.05, 0) is 44.2 Å². The Morgan fingerprint density at radius 2 is 1.88 bits per heavy atom. The molecule has 2 heterocycles. The van der Waals surface area contributed by atoms with Gasteiger partial charge in [0.15, 0.2) is 20.8 Å². The fourth-order valence-electron chi connectivity index (χ4n) is 3.81. The number of rotatable bonds is 2. The molecule has 2 aromatic carbocycles. The van der Waals surface area contributed by atoms with E-state index in [0.29, 0.717) is 12.2 Å². The molecule has 26 heavy (non-hydrogen) atoms. The molecule has 7 heteroatoms. The van der Waals surface area contributed by atoms with Crippen LogP contribution in [0.2, 0.25) is 0 Å². The summed E-state index contributed by atoms with van der Waals surface area (Å²) in [6.45, 7) is 3.67. The van der Waals surface area contributed by atoms with Crippen molar-refractivity contribution in [2.45, 2.75) is 42.1 Å². The molecule has 0 aromatic heterocycles. The van der Waals surface area contributed by atoms with Gasteiger partial charge in [0.1, 0.15) is 5.75 Å². The molecule has 0 aliphatic carbocycles. The van der Waals surface area contributed by atoms with Gasteiger partial charge in [-0.3, -0.25) is 4.79 Å². The molecule has 0 saturated carbocycles. The predicted octanol–water partition coefficient (Wildman–Crippen LogP) is 3.31. The predicted molar refractivity (Wildman–Crippen MR) is 101 cm³/mol. The zero-order valence-corrected chi connectivity index (χ0v) is 16.7. The number of hydrogen-bond donors (Lipinski definition) is 1. The summed E-state index contributed by atoms with van der Waals surface area (Å²) in [5, 5.41) is 1.58. The summed E-state index contributed by atoms with van der Waals surface area (Å²) >= 11 is 3.43. The quantitative estimate of drug-likeness (QED) is 0.784. The van der Waals surface area contributed by atoms with E-state index in [-0.39, 0.29) is 4.90 Å². The van der Waals surface area contributed by atoms with Crippen molar-refractivity contribution < 1.29 is 17.9 Å². The molecule has 1 amide bonds. The van der Waals surface area contributed by atoms with E-state index in [1.807, 2.05) is 19.1 Å². The number of hydrogen-bond acceptors (Lipinski definition) is 4. The van der Waals surface area contributed by atoms with E-state index in [1.165, 1.54) is 0 Å². The Bertz CT molecular complexity index is 1000. The van der Waals surface area contributed by atoms with Gasteiger partial charge in [0.05, 0.1) is 4.90 Å². The summed E-state index contributed by atoms with van der Waals surface area (Å²) in [7, 11) is -3.84. The maximum atomic E-state index is 13.3. The van der Waals surface area contributed by atoms with Gasteiger partial charge in [-0.2, -0.15) is 0 Å². The third-order valence-electron chi connectivity index (χ3n) is 5.01. The van der Waals surface area contributed by atoms with Gasteiger partial charge >= 0.3 is 0 Å². The van der Waals surface area contributed by atoms with Crippen molar-refractivity contribution in [1.82, 2.24) is 5.32 Å². The Kier molecular flexibility index (Phi) is 3.93. The average molecular weight is 436 g/mol. The molecule has 2 aliphatic rings. The second-order valence-electron chi connectivity index (χ2n) is 7.09. The standard InChI is InChI=1S/C19H18BrNO4S/c1-11-3-6-13(7-4-11)26(23,24)17-15-10-19(2,21-18(17)22)25-16-8-5-12(20)9-14(15)16/h3-9,15,17H,10H2,1-2H3,(H,21,22)/t15-,17+,19+/m1/s1. The van der Waals surface area contributed by atoms with Crippen LogP contribution in [0.5, 0.6) is 5.75 Å². The fraction of sp³-hybridized carbons (Fsp3) is 0.316. The normalized spacial score (nSPS) is 27.3. The molecular weight excluding hydrogens is 418 g/mol. The Balaban J connectivity index is 1.86. The molecule has 1 saturated heterocycles. The van der Waals surface area contributed by atoms with Crippen LogP contribution < -0.4 is 10.1 Å². The van der Waals surface area contributed by atoms with E-state index in [9.17, 15) is 13.2 Å². The van der Waals surface area contributed by atoms with Gasteiger partial charge < -0.3 is 10.1 Å². The third-order valence-corrected chi connectivity index (χ3v) is 7.64. The number of sulfone groups is 1. The first-order chi connectivity index (χ1) is 12.2. The summed E-state index contributed by atoms with van der Waals surface area (Å²) in [5.41, 5.74) is 0.805. The van der Waals surface area contributed by atoms with Crippen LogP contribution in [0, 0.1) is 6.92 Å². The zero-order valence-electron chi connectivity index (χ0n) is 14.3. The highest BCUT2D eigenvalue weighted by atomic mass is 79.9. The smallest absolute Gasteiger partial charge is 0.242 e. The first-order valence-electron chi connectivity index (χ1n) is 8.31. The highest BCUT2D eigenvalue weighted by molar-refractivity contribution is 9.10. The Hall–Kier alpha value is -1.86. The van der Waals surface area contributed by atoms with Gasteiger partial charge in [0.25, 0.3) is 0 Å². The van der Waals surface area contributed by atoms with Crippen LogP contribution in [0.1, 0.15) is 30.4 Å². The molecular formula is C19H18BrNO4S. The number of ether oxygens (including phenoxy) is 1. The Morgan fingerprint density at radius 1 is 1.19 bits per heavy atom. The summed E-state index contributed by atoms with van der Waals surface area (Å²) < 4.78 is 33.4. The molecule has 4 rings (SSSR count). The minimum Gasteiger partial charge on any atom is -0.468 e. The van der Waals surface area contributed by atoms with Gasteiger partial charge in [-0.25, -0.2) is 8.42 Å². The molecule has 0 unspecified atom stereocenters. The van der Waals surface area contributed by atoms with Crippen LogP contribution in [0.4, 0.5) is 0 Å². The van der Waals surface area contributed by atoms with E-state index >= 15 is 0 Å². The molecule has 2 bridgehead atoms.